The lowest BCUT2D eigenvalue weighted by Crippen LogP contribution is -2.70. The molecule has 2 aliphatic rings. The maximum absolute atomic E-state index is 12.6. The van der Waals surface area contributed by atoms with Crippen LogP contribution in [0.25, 0.3) is 0 Å². The van der Waals surface area contributed by atoms with E-state index in [0.29, 0.717) is 5.57 Å². The Kier molecular flexibility index (Phi) is 6.03. The average Bonchev–Trinajstić information content (AvgIpc) is 2.89. The first-order valence-corrected chi connectivity index (χ1v) is 10.5. The molecule has 0 aliphatic carbocycles. The number of carboxylic acid groups (broad SMARTS) is 1. The number of nitrogens with zero attached hydrogens (tertiary/aromatic N) is 3. The smallest absolute Gasteiger partial charge is 0.352 e. The third kappa shape index (κ3) is 4.04. The molecule has 0 bridgehead atoms. The van der Waals surface area contributed by atoms with Gasteiger partial charge in [0.05, 0.1) is 15.9 Å². The van der Waals surface area contributed by atoms with Crippen molar-refractivity contribution in [2.45, 2.75) is 38.7 Å². The first-order valence-electron chi connectivity index (χ1n) is 8.64. The molecule has 2 amide bonds. The van der Waals surface area contributed by atoms with E-state index in [1.807, 2.05) is 13.8 Å². The third-order valence-electron chi connectivity index (χ3n) is 4.60. The quantitative estimate of drug-likeness (QED) is 0.440. The molecule has 0 aromatic carbocycles. The van der Waals surface area contributed by atoms with Gasteiger partial charge < -0.3 is 15.2 Å². The van der Waals surface area contributed by atoms with E-state index in [4.69, 9.17) is 4.74 Å². The molecular weight excluding hydrogens is 468 g/mol. The molecule has 0 spiro atoms. The van der Waals surface area contributed by atoms with Crippen LogP contribution >= 0.6 is 27.7 Å². The van der Waals surface area contributed by atoms with E-state index >= 15 is 0 Å². The molecule has 0 radical (unpaired) electrons. The van der Waals surface area contributed by atoms with Crippen LogP contribution in [0.5, 0.6) is 0 Å². The van der Waals surface area contributed by atoms with Crippen molar-refractivity contribution in [3.8, 4) is 0 Å². The van der Waals surface area contributed by atoms with Crippen LogP contribution in [0, 0.1) is 13.8 Å². The van der Waals surface area contributed by atoms with Crippen molar-refractivity contribution in [3.63, 3.8) is 0 Å². The standard InChI is InChI=1S/C17H19BrN4O6S/c1-7-12(18)8(2)21(20-7)4-11(24)19-13-15(25)22-14(17(26)27)10(5-28-9(3)23)6-29-16(13)22/h13,16H,4-6H2,1-3H3,(H,19,24)(H,26,27). The summed E-state index contributed by atoms with van der Waals surface area (Å²) in [7, 11) is 0. The summed E-state index contributed by atoms with van der Waals surface area (Å²) in [5.41, 5.74) is 1.70. The highest BCUT2D eigenvalue weighted by Crippen LogP contribution is 2.40. The van der Waals surface area contributed by atoms with E-state index in [1.54, 1.807) is 0 Å². The van der Waals surface area contributed by atoms with E-state index in [1.165, 1.54) is 23.4 Å². The van der Waals surface area contributed by atoms with Gasteiger partial charge in [0.2, 0.25) is 5.91 Å². The number of carbonyl (C=O) groups excluding carboxylic acids is 3. The zero-order chi connectivity index (χ0) is 21.5. The molecule has 3 heterocycles. The second-order valence-electron chi connectivity index (χ2n) is 6.64. The summed E-state index contributed by atoms with van der Waals surface area (Å²) in [5.74, 6) is -2.44. The van der Waals surface area contributed by atoms with Crippen LogP contribution in [-0.2, 0) is 30.5 Å². The Morgan fingerprint density at radius 2 is 2.07 bits per heavy atom. The van der Waals surface area contributed by atoms with Crippen LogP contribution in [0.3, 0.4) is 0 Å². The zero-order valence-electron chi connectivity index (χ0n) is 15.9. The predicted molar refractivity (Wildman–Crippen MR) is 106 cm³/mol. The Bertz CT molecular complexity index is 943. The minimum absolute atomic E-state index is 0.0568. The Labute approximate surface area is 178 Å². The molecule has 2 atom stereocenters. The second kappa shape index (κ2) is 8.19. The predicted octanol–water partition coefficient (Wildman–Crippen LogP) is 0.564. The molecule has 2 unspecified atom stereocenters. The van der Waals surface area contributed by atoms with Crippen molar-refractivity contribution < 1.29 is 29.0 Å². The fourth-order valence-corrected chi connectivity index (χ4v) is 4.78. The summed E-state index contributed by atoms with van der Waals surface area (Å²) in [6.45, 7) is 4.61. The fraction of sp³-hybridized carbons (Fsp3) is 0.471. The number of aryl methyl sites for hydroxylation is 1. The summed E-state index contributed by atoms with van der Waals surface area (Å²) in [6.07, 6.45) is 0. The highest BCUT2D eigenvalue weighted by atomic mass is 79.9. The summed E-state index contributed by atoms with van der Waals surface area (Å²) in [4.78, 5) is 48.8. The Hall–Kier alpha value is -2.34. The largest absolute Gasteiger partial charge is 0.477 e. The summed E-state index contributed by atoms with van der Waals surface area (Å²) in [5, 5.41) is 15.9. The van der Waals surface area contributed by atoms with E-state index < -0.39 is 35.2 Å². The van der Waals surface area contributed by atoms with Gasteiger partial charge in [0, 0.05) is 18.2 Å². The van der Waals surface area contributed by atoms with Gasteiger partial charge >= 0.3 is 11.9 Å². The van der Waals surface area contributed by atoms with Gasteiger partial charge in [-0.15, -0.1) is 11.8 Å². The SMILES string of the molecule is CC(=O)OCC1=C(C(=O)O)N2C(=O)C(NC(=O)Cn3nc(C)c(Br)c3C)C2SC1. The molecule has 0 saturated carbocycles. The lowest BCUT2D eigenvalue weighted by Gasteiger charge is -2.49. The van der Waals surface area contributed by atoms with Gasteiger partial charge in [0.25, 0.3) is 5.91 Å². The Balaban J connectivity index is 1.70. The molecule has 156 valence electrons. The van der Waals surface area contributed by atoms with Crippen LogP contribution in [0.4, 0.5) is 0 Å². The molecule has 2 N–H and O–H groups in total. The maximum atomic E-state index is 12.6. The van der Waals surface area contributed by atoms with Gasteiger partial charge in [-0.3, -0.25) is 24.0 Å². The van der Waals surface area contributed by atoms with Gasteiger partial charge in [-0.25, -0.2) is 4.79 Å². The number of thioether (sulfide) groups is 1. The van der Waals surface area contributed by atoms with Gasteiger partial charge in [-0.05, 0) is 29.8 Å². The average molecular weight is 487 g/mol. The number of ether oxygens (including phenoxy) is 1. The number of carbonyl (C=O) groups is 4. The van der Waals surface area contributed by atoms with E-state index in [-0.39, 0.29) is 24.6 Å². The summed E-state index contributed by atoms with van der Waals surface area (Å²) < 4.78 is 7.24. The molecular formula is C17H19BrN4O6S. The van der Waals surface area contributed by atoms with Crippen LogP contribution in [0.2, 0.25) is 0 Å². The molecule has 2 aliphatic heterocycles. The highest BCUT2D eigenvalue weighted by Gasteiger charge is 2.54. The number of hydrogen-bond donors (Lipinski definition) is 2. The number of carboxylic acids is 1. The Morgan fingerprint density at radius 3 is 2.62 bits per heavy atom. The lowest BCUT2D eigenvalue weighted by molar-refractivity contribution is -0.151. The van der Waals surface area contributed by atoms with E-state index in [0.717, 1.165) is 20.8 Å². The van der Waals surface area contributed by atoms with Crippen LogP contribution in [0.15, 0.2) is 15.7 Å². The number of esters is 1. The van der Waals surface area contributed by atoms with Crippen LogP contribution < -0.4 is 5.32 Å². The van der Waals surface area contributed by atoms with Crippen molar-refractivity contribution in [1.82, 2.24) is 20.0 Å². The molecule has 1 saturated heterocycles. The van der Waals surface area contributed by atoms with E-state index in [2.05, 4.69) is 26.3 Å². The normalized spacial score (nSPS) is 20.8. The minimum Gasteiger partial charge on any atom is -0.477 e. The molecule has 1 fully saturated rings. The summed E-state index contributed by atoms with van der Waals surface area (Å²) >= 11 is 4.71. The number of aromatic nitrogens is 2. The number of nitrogens with one attached hydrogen (secondary N) is 1. The number of hydrogen-bond acceptors (Lipinski definition) is 7. The van der Waals surface area contributed by atoms with Gasteiger partial charge in [-0.2, -0.15) is 5.10 Å². The summed E-state index contributed by atoms with van der Waals surface area (Å²) in [6, 6.07) is -0.822. The van der Waals surface area contributed by atoms with Crippen molar-refractivity contribution in [2.24, 2.45) is 0 Å². The lowest BCUT2D eigenvalue weighted by atomic mass is 10.0. The molecule has 3 rings (SSSR count). The van der Waals surface area contributed by atoms with Crippen LogP contribution in [-0.4, -0.2) is 67.3 Å². The molecule has 29 heavy (non-hydrogen) atoms. The molecule has 10 nitrogen and oxygen atoms in total. The van der Waals surface area contributed by atoms with E-state index in [9.17, 15) is 24.3 Å². The molecule has 1 aromatic rings. The number of fused-ring (bicyclic) bond motifs is 1. The van der Waals surface area contributed by atoms with Crippen molar-refractivity contribution in [1.29, 1.82) is 0 Å². The third-order valence-corrected chi connectivity index (χ3v) is 7.09. The number of rotatable bonds is 6. The van der Waals surface area contributed by atoms with Crippen molar-refractivity contribution in [2.75, 3.05) is 12.4 Å². The van der Waals surface area contributed by atoms with Gasteiger partial charge in [-0.1, -0.05) is 0 Å². The molecule has 12 heteroatoms. The highest BCUT2D eigenvalue weighted by molar-refractivity contribution is 9.10. The fourth-order valence-electron chi connectivity index (χ4n) is 3.17. The van der Waals surface area contributed by atoms with Crippen molar-refractivity contribution >= 4 is 51.4 Å². The molecule has 1 aromatic heterocycles. The first-order chi connectivity index (χ1) is 13.6. The number of halogens is 1. The van der Waals surface area contributed by atoms with Crippen molar-refractivity contribution in [3.05, 3.63) is 27.1 Å². The number of amides is 2. The van der Waals surface area contributed by atoms with Gasteiger partial charge in [0.1, 0.15) is 30.3 Å². The number of β-lactam (4-membered cyclic amide) rings is 1. The van der Waals surface area contributed by atoms with Gasteiger partial charge in [0.15, 0.2) is 0 Å². The zero-order valence-corrected chi connectivity index (χ0v) is 18.3. The minimum atomic E-state index is -1.27. The number of aliphatic carboxylic acids is 1. The Morgan fingerprint density at radius 1 is 1.38 bits per heavy atom. The maximum Gasteiger partial charge on any atom is 0.352 e. The van der Waals surface area contributed by atoms with Crippen LogP contribution in [0.1, 0.15) is 18.3 Å². The second-order valence-corrected chi connectivity index (χ2v) is 8.53. The first kappa shape index (κ1) is 21.4. The monoisotopic (exact) mass is 486 g/mol. The topological polar surface area (TPSA) is 131 Å².